The minimum Gasteiger partial charge on any atom is -0.462 e. The molecule has 1 aromatic rings. The lowest BCUT2D eigenvalue weighted by Gasteiger charge is -2.10. The van der Waals surface area contributed by atoms with Gasteiger partial charge in [0.05, 0.1) is 18.4 Å². The highest BCUT2D eigenvalue weighted by Gasteiger charge is 2.25. The SMILES string of the molecule is CCOC(=O)c1c(C(F)F)ncc(F)c1C. The number of ether oxygens (including phenoxy) is 1. The van der Waals surface area contributed by atoms with Gasteiger partial charge in [0.25, 0.3) is 6.43 Å². The van der Waals surface area contributed by atoms with E-state index in [0.29, 0.717) is 6.20 Å². The van der Waals surface area contributed by atoms with Gasteiger partial charge in [-0.15, -0.1) is 0 Å². The van der Waals surface area contributed by atoms with E-state index in [-0.39, 0.29) is 12.2 Å². The van der Waals surface area contributed by atoms with Gasteiger partial charge in [0.15, 0.2) is 0 Å². The molecule has 0 radical (unpaired) electrons. The second-order valence-corrected chi connectivity index (χ2v) is 3.01. The molecule has 16 heavy (non-hydrogen) atoms. The first-order valence-corrected chi connectivity index (χ1v) is 4.59. The number of rotatable bonds is 3. The molecule has 0 unspecified atom stereocenters. The van der Waals surface area contributed by atoms with Gasteiger partial charge in [-0.2, -0.15) is 0 Å². The molecular formula is C10H10F3NO2. The number of pyridine rings is 1. The van der Waals surface area contributed by atoms with Crippen LogP contribution in [-0.4, -0.2) is 17.6 Å². The summed E-state index contributed by atoms with van der Waals surface area (Å²) >= 11 is 0. The fourth-order valence-corrected chi connectivity index (χ4v) is 1.23. The van der Waals surface area contributed by atoms with E-state index < -0.39 is 29.5 Å². The van der Waals surface area contributed by atoms with E-state index in [1.807, 2.05) is 0 Å². The van der Waals surface area contributed by atoms with Crippen LogP contribution >= 0.6 is 0 Å². The predicted octanol–water partition coefficient (Wildman–Crippen LogP) is 2.64. The summed E-state index contributed by atoms with van der Waals surface area (Å²) in [6, 6.07) is 0. The molecule has 0 aliphatic carbocycles. The Hall–Kier alpha value is -1.59. The molecule has 0 saturated carbocycles. The molecule has 6 heteroatoms. The average molecular weight is 233 g/mol. The first kappa shape index (κ1) is 12.5. The van der Waals surface area contributed by atoms with Gasteiger partial charge >= 0.3 is 5.97 Å². The van der Waals surface area contributed by atoms with Crippen LogP contribution in [0.4, 0.5) is 13.2 Å². The number of hydrogen-bond donors (Lipinski definition) is 0. The third-order valence-corrected chi connectivity index (χ3v) is 1.99. The Labute approximate surface area is 90.2 Å². The van der Waals surface area contributed by atoms with Crippen LogP contribution in [0, 0.1) is 12.7 Å². The number of esters is 1. The van der Waals surface area contributed by atoms with Crippen LogP contribution in [-0.2, 0) is 4.74 Å². The quantitative estimate of drug-likeness (QED) is 0.753. The van der Waals surface area contributed by atoms with Gasteiger partial charge in [-0.05, 0) is 13.8 Å². The topological polar surface area (TPSA) is 39.2 Å². The van der Waals surface area contributed by atoms with Crippen LogP contribution < -0.4 is 0 Å². The molecule has 0 spiro atoms. The fraction of sp³-hybridized carbons (Fsp3) is 0.400. The molecule has 88 valence electrons. The Balaban J connectivity index is 3.31. The van der Waals surface area contributed by atoms with Crippen molar-refractivity contribution in [3.8, 4) is 0 Å². The molecule has 0 saturated heterocycles. The standard InChI is InChI=1S/C10H10F3NO2/c1-3-16-10(15)7-5(2)6(11)4-14-8(7)9(12)13/h4,9H,3H2,1-2H3. The molecule has 0 atom stereocenters. The molecule has 0 amide bonds. The molecule has 0 aliphatic heterocycles. The van der Waals surface area contributed by atoms with Crippen LogP contribution in [0.15, 0.2) is 6.20 Å². The van der Waals surface area contributed by atoms with Crippen molar-refractivity contribution in [2.45, 2.75) is 20.3 Å². The number of alkyl halides is 2. The fourth-order valence-electron chi connectivity index (χ4n) is 1.23. The minimum absolute atomic E-state index is 0.0253. The molecule has 1 rings (SSSR count). The Morgan fingerprint density at radius 1 is 1.56 bits per heavy atom. The van der Waals surface area contributed by atoms with Crippen molar-refractivity contribution in [2.24, 2.45) is 0 Å². The summed E-state index contributed by atoms with van der Waals surface area (Å²) in [5.74, 6) is -1.80. The summed E-state index contributed by atoms with van der Waals surface area (Å²) < 4.78 is 42.8. The molecule has 0 bridgehead atoms. The Kier molecular flexibility index (Phi) is 3.87. The van der Waals surface area contributed by atoms with Gasteiger partial charge in [-0.25, -0.2) is 18.0 Å². The molecule has 0 aliphatic rings. The monoisotopic (exact) mass is 233 g/mol. The van der Waals surface area contributed by atoms with Crippen molar-refractivity contribution in [1.82, 2.24) is 4.98 Å². The van der Waals surface area contributed by atoms with E-state index in [0.717, 1.165) is 0 Å². The van der Waals surface area contributed by atoms with Crippen LogP contribution in [0.1, 0.15) is 35.0 Å². The zero-order valence-corrected chi connectivity index (χ0v) is 8.76. The van der Waals surface area contributed by atoms with E-state index in [4.69, 9.17) is 0 Å². The summed E-state index contributed by atoms with van der Waals surface area (Å²) in [6.45, 7) is 2.79. The first-order valence-electron chi connectivity index (χ1n) is 4.59. The molecule has 0 aromatic carbocycles. The molecule has 3 nitrogen and oxygen atoms in total. The summed E-state index contributed by atoms with van der Waals surface area (Å²) in [7, 11) is 0. The number of nitrogens with zero attached hydrogens (tertiary/aromatic N) is 1. The number of aromatic nitrogens is 1. The van der Waals surface area contributed by atoms with E-state index in [1.54, 1.807) is 0 Å². The second-order valence-electron chi connectivity index (χ2n) is 3.01. The van der Waals surface area contributed by atoms with Gasteiger partial charge in [0.2, 0.25) is 0 Å². The lowest BCUT2D eigenvalue weighted by atomic mass is 10.1. The van der Waals surface area contributed by atoms with Gasteiger partial charge < -0.3 is 4.74 Å². The maximum atomic E-state index is 13.1. The van der Waals surface area contributed by atoms with Crippen molar-refractivity contribution >= 4 is 5.97 Å². The normalized spacial score (nSPS) is 10.6. The van der Waals surface area contributed by atoms with E-state index in [2.05, 4.69) is 9.72 Å². The van der Waals surface area contributed by atoms with Gasteiger partial charge in [0.1, 0.15) is 11.5 Å². The molecule has 1 heterocycles. The van der Waals surface area contributed by atoms with Crippen molar-refractivity contribution in [3.05, 3.63) is 28.8 Å². The highest BCUT2D eigenvalue weighted by atomic mass is 19.3. The van der Waals surface area contributed by atoms with Gasteiger partial charge in [-0.1, -0.05) is 0 Å². The Morgan fingerprint density at radius 3 is 2.69 bits per heavy atom. The van der Waals surface area contributed by atoms with Crippen LogP contribution in [0.3, 0.4) is 0 Å². The zero-order valence-electron chi connectivity index (χ0n) is 8.76. The third-order valence-electron chi connectivity index (χ3n) is 1.99. The van der Waals surface area contributed by atoms with Crippen LogP contribution in [0.2, 0.25) is 0 Å². The van der Waals surface area contributed by atoms with Gasteiger partial charge in [-0.3, -0.25) is 4.98 Å². The highest BCUT2D eigenvalue weighted by molar-refractivity contribution is 5.92. The summed E-state index contributed by atoms with van der Waals surface area (Å²) in [6.07, 6.45) is -2.28. The predicted molar refractivity (Wildman–Crippen MR) is 49.8 cm³/mol. The van der Waals surface area contributed by atoms with Crippen LogP contribution in [0.25, 0.3) is 0 Å². The minimum atomic E-state index is -2.95. The highest BCUT2D eigenvalue weighted by Crippen LogP contribution is 2.25. The number of hydrogen-bond acceptors (Lipinski definition) is 3. The molecule has 1 aromatic heterocycles. The van der Waals surface area contributed by atoms with Crippen molar-refractivity contribution in [1.29, 1.82) is 0 Å². The van der Waals surface area contributed by atoms with Gasteiger partial charge in [0, 0.05) is 5.56 Å². The molecular weight excluding hydrogens is 223 g/mol. The average Bonchev–Trinajstić information content (AvgIpc) is 2.21. The van der Waals surface area contributed by atoms with Crippen LogP contribution in [0.5, 0.6) is 0 Å². The first-order chi connectivity index (χ1) is 7.49. The number of carbonyl (C=O) groups is 1. The maximum Gasteiger partial charge on any atom is 0.340 e. The largest absolute Gasteiger partial charge is 0.462 e. The second kappa shape index (κ2) is 4.96. The lowest BCUT2D eigenvalue weighted by molar-refractivity contribution is 0.0511. The van der Waals surface area contributed by atoms with Crippen molar-refractivity contribution in [2.75, 3.05) is 6.61 Å². The smallest absolute Gasteiger partial charge is 0.340 e. The maximum absolute atomic E-state index is 13.1. The van der Waals surface area contributed by atoms with E-state index in [1.165, 1.54) is 13.8 Å². The molecule has 0 fully saturated rings. The Morgan fingerprint density at radius 2 is 2.19 bits per heavy atom. The van der Waals surface area contributed by atoms with Crippen molar-refractivity contribution < 1.29 is 22.7 Å². The van der Waals surface area contributed by atoms with Crippen molar-refractivity contribution in [3.63, 3.8) is 0 Å². The lowest BCUT2D eigenvalue weighted by Crippen LogP contribution is -2.13. The molecule has 0 N–H and O–H groups in total. The Bertz CT molecular complexity index is 407. The summed E-state index contributed by atoms with van der Waals surface area (Å²) in [5, 5.41) is 0. The summed E-state index contributed by atoms with van der Waals surface area (Å²) in [5.41, 5.74) is -1.42. The van der Waals surface area contributed by atoms with E-state index in [9.17, 15) is 18.0 Å². The number of carbonyl (C=O) groups excluding carboxylic acids is 1. The number of halogens is 3. The van der Waals surface area contributed by atoms with E-state index >= 15 is 0 Å². The zero-order chi connectivity index (χ0) is 12.3. The summed E-state index contributed by atoms with van der Waals surface area (Å²) in [4.78, 5) is 14.6. The third kappa shape index (κ3) is 2.32.